The normalized spacial score (nSPS) is 11.4. The first kappa shape index (κ1) is 17.2. The van der Waals surface area contributed by atoms with Crippen molar-refractivity contribution >= 4 is 34.8 Å². The number of hydrogen-bond donors (Lipinski definition) is 3. The standard InChI is InChI=1S/C14H20Cl2N2O2/c1-3-14(20,4-2)9-17-8-12(19)18-13-10(15)6-5-7-11(13)16/h5-7,17,20H,3-4,8-9H2,1-2H3,(H,18,19). The van der Waals surface area contributed by atoms with Crippen LogP contribution in [0.15, 0.2) is 18.2 Å². The second-order valence-corrected chi connectivity index (χ2v) is 5.49. The molecule has 20 heavy (non-hydrogen) atoms. The van der Waals surface area contributed by atoms with Crippen LogP contribution in [0.1, 0.15) is 26.7 Å². The lowest BCUT2D eigenvalue weighted by Gasteiger charge is -2.25. The molecule has 0 saturated carbocycles. The van der Waals surface area contributed by atoms with E-state index in [1.54, 1.807) is 18.2 Å². The van der Waals surface area contributed by atoms with Crippen molar-refractivity contribution in [1.29, 1.82) is 0 Å². The van der Waals surface area contributed by atoms with Crippen LogP contribution in [0.5, 0.6) is 0 Å². The Morgan fingerprint density at radius 2 is 1.80 bits per heavy atom. The van der Waals surface area contributed by atoms with E-state index in [1.165, 1.54) is 0 Å². The number of carbonyl (C=O) groups is 1. The topological polar surface area (TPSA) is 61.4 Å². The Balaban J connectivity index is 2.49. The molecule has 1 amide bonds. The average Bonchev–Trinajstić information content (AvgIpc) is 2.43. The summed E-state index contributed by atoms with van der Waals surface area (Å²) in [5.74, 6) is -0.255. The highest BCUT2D eigenvalue weighted by atomic mass is 35.5. The molecule has 0 atom stereocenters. The predicted molar refractivity (Wildman–Crippen MR) is 83.5 cm³/mol. The molecule has 0 aliphatic carbocycles. The van der Waals surface area contributed by atoms with E-state index < -0.39 is 5.60 Å². The van der Waals surface area contributed by atoms with Gasteiger partial charge in [0.15, 0.2) is 0 Å². The molecular formula is C14H20Cl2N2O2. The molecule has 0 aliphatic rings. The van der Waals surface area contributed by atoms with Gasteiger partial charge in [-0.25, -0.2) is 0 Å². The van der Waals surface area contributed by atoms with Gasteiger partial charge in [-0.2, -0.15) is 0 Å². The fourth-order valence-corrected chi connectivity index (χ4v) is 2.20. The molecule has 1 rings (SSSR count). The Kier molecular flexibility index (Phi) is 6.76. The van der Waals surface area contributed by atoms with Crippen LogP contribution in [0.25, 0.3) is 0 Å². The van der Waals surface area contributed by atoms with Gasteiger partial charge in [0.2, 0.25) is 5.91 Å². The van der Waals surface area contributed by atoms with Crippen molar-refractivity contribution in [3.05, 3.63) is 28.2 Å². The van der Waals surface area contributed by atoms with Gasteiger partial charge in [-0.1, -0.05) is 43.1 Å². The third-order valence-electron chi connectivity index (χ3n) is 3.28. The van der Waals surface area contributed by atoms with E-state index in [2.05, 4.69) is 10.6 Å². The number of aliphatic hydroxyl groups is 1. The summed E-state index contributed by atoms with van der Waals surface area (Å²) in [5.41, 5.74) is -0.369. The molecular weight excluding hydrogens is 299 g/mol. The van der Waals surface area contributed by atoms with Gasteiger partial charge in [-0.3, -0.25) is 4.79 Å². The molecule has 112 valence electrons. The monoisotopic (exact) mass is 318 g/mol. The zero-order valence-corrected chi connectivity index (χ0v) is 13.2. The molecule has 0 unspecified atom stereocenters. The average molecular weight is 319 g/mol. The lowest BCUT2D eigenvalue weighted by atomic mass is 9.98. The van der Waals surface area contributed by atoms with Gasteiger partial charge in [-0.05, 0) is 25.0 Å². The van der Waals surface area contributed by atoms with Crippen LogP contribution in [0.2, 0.25) is 10.0 Å². The van der Waals surface area contributed by atoms with E-state index in [4.69, 9.17) is 23.2 Å². The van der Waals surface area contributed by atoms with E-state index >= 15 is 0 Å². The second kappa shape index (κ2) is 7.84. The molecule has 0 aliphatic heterocycles. The number of nitrogens with one attached hydrogen (secondary N) is 2. The summed E-state index contributed by atoms with van der Waals surface area (Å²) >= 11 is 11.9. The molecule has 0 bridgehead atoms. The number of anilines is 1. The predicted octanol–water partition coefficient (Wildman–Crippen LogP) is 3.07. The molecule has 0 radical (unpaired) electrons. The van der Waals surface area contributed by atoms with Gasteiger partial charge in [-0.15, -0.1) is 0 Å². The maximum Gasteiger partial charge on any atom is 0.238 e. The Morgan fingerprint density at radius 3 is 2.30 bits per heavy atom. The molecule has 4 nitrogen and oxygen atoms in total. The van der Waals surface area contributed by atoms with E-state index in [1.807, 2.05) is 13.8 Å². The molecule has 0 fully saturated rings. The first-order valence-corrected chi connectivity index (χ1v) is 7.34. The summed E-state index contributed by atoms with van der Waals surface area (Å²) in [6, 6.07) is 5.02. The number of carbonyl (C=O) groups excluding carboxylic acids is 1. The van der Waals surface area contributed by atoms with Gasteiger partial charge < -0.3 is 15.7 Å². The number of amides is 1. The minimum atomic E-state index is -0.775. The maximum atomic E-state index is 11.8. The molecule has 1 aromatic rings. The highest BCUT2D eigenvalue weighted by Crippen LogP contribution is 2.29. The van der Waals surface area contributed by atoms with Gasteiger partial charge in [0.05, 0.1) is 27.9 Å². The number of halogens is 2. The van der Waals surface area contributed by atoms with Crippen molar-refractivity contribution in [2.24, 2.45) is 0 Å². The molecule has 6 heteroatoms. The maximum absolute atomic E-state index is 11.8. The zero-order valence-electron chi connectivity index (χ0n) is 11.7. The zero-order chi connectivity index (χ0) is 15.2. The highest BCUT2D eigenvalue weighted by Gasteiger charge is 2.21. The summed E-state index contributed by atoms with van der Waals surface area (Å²) in [7, 11) is 0. The third kappa shape index (κ3) is 4.94. The first-order valence-electron chi connectivity index (χ1n) is 6.59. The fraction of sp³-hybridized carbons (Fsp3) is 0.500. The molecule has 0 heterocycles. The van der Waals surface area contributed by atoms with Crippen LogP contribution in [0, 0.1) is 0 Å². The van der Waals surface area contributed by atoms with Gasteiger partial charge in [0.1, 0.15) is 0 Å². The Bertz CT molecular complexity index is 442. The summed E-state index contributed by atoms with van der Waals surface area (Å²) in [5, 5.41) is 16.5. The minimum absolute atomic E-state index is 0.0872. The molecule has 0 spiro atoms. The highest BCUT2D eigenvalue weighted by molar-refractivity contribution is 6.39. The van der Waals surface area contributed by atoms with Crippen molar-refractivity contribution in [2.45, 2.75) is 32.3 Å². The fourth-order valence-electron chi connectivity index (χ4n) is 1.71. The molecule has 1 aromatic carbocycles. The number of benzene rings is 1. The summed E-state index contributed by atoms with van der Waals surface area (Å²) < 4.78 is 0. The van der Waals surface area contributed by atoms with Gasteiger partial charge >= 0.3 is 0 Å². The summed E-state index contributed by atoms with van der Waals surface area (Å²) in [6.07, 6.45) is 1.27. The molecule has 0 aromatic heterocycles. The second-order valence-electron chi connectivity index (χ2n) is 4.68. The van der Waals surface area contributed by atoms with E-state index in [9.17, 15) is 9.90 Å². The van der Waals surface area contributed by atoms with Crippen molar-refractivity contribution in [1.82, 2.24) is 5.32 Å². The van der Waals surface area contributed by atoms with E-state index in [0.717, 1.165) is 0 Å². The van der Waals surface area contributed by atoms with Crippen molar-refractivity contribution in [2.75, 3.05) is 18.4 Å². The smallest absolute Gasteiger partial charge is 0.238 e. The summed E-state index contributed by atoms with van der Waals surface area (Å²) in [6.45, 7) is 4.27. The largest absolute Gasteiger partial charge is 0.389 e. The number of hydrogen-bond acceptors (Lipinski definition) is 3. The number of rotatable bonds is 7. The Hall–Kier alpha value is -0.810. The first-order chi connectivity index (χ1) is 9.41. The molecule has 0 saturated heterocycles. The van der Waals surface area contributed by atoms with E-state index in [-0.39, 0.29) is 12.5 Å². The number of para-hydroxylation sites is 1. The Morgan fingerprint density at radius 1 is 1.25 bits per heavy atom. The lowest BCUT2D eigenvalue weighted by Crippen LogP contribution is -2.42. The third-order valence-corrected chi connectivity index (χ3v) is 3.91. The van der Waals surface area contributed by atoms with Crippen molar-refractivity contribution in [3.63, 3.8) is 0 Å². The van der Waals surface area contributed by atoms with Crippen LogP contribution in [-0.4, -0.2) is 29.7 Å². The van der Waals surface area contributed by atoms with E-state index in [0.29, 0.717) is 35.1 Å². The van der Waals surface area contributed by atoms with Gasteiger partial charge in [0.25, 0.3) is 0 Å². The van der Waals surface area contributed by atoms with Crippen LogP contribution in [0.4, 0.5) is 5.69 Å². The summed E-state index contributed by atoms with van der Waals surface area (Å²) in [4.78, 5) is 11.8. The van der Waals surface area contributed by atoms with Crippen molar-refractivity contribution < 1.29 is 9.90 Å². The van der Waals surface area contributed by atoms with Crippen LogP contribution in [-0.2, 0) is 4.79 Å². The van der Waals surface area contributed by atoms with Gasteiger partial charge in [0, 0.05) is 6.54 Å². The van der Waals surface area contributed by atoms with Crippen molar-refractivity contribution in [3.8, 4) is 0 Å². The van der Waals surface area contributed by atoms with Crippen LogP contribution < -0.4 is 10.6 Å². The lowest BCUT2D eigenvalue weighted by molar-refractivity contribution is -0.115. The van der Waals surface area contributed by atoms with Crippen LogP contribution in [0.3, 0.4) is 0 Å². The van der Waals surface area contributed by atoms with Crippen LogP contribution >= 0.6 is 23.2 Å². The SMILES string of the molecule is CCC(O)(CC)CNCC(=O)Nc1c(Cl)cccc1Cl. The molecule has 3 N–H and O–H groups in total. The minimum Gasteiger partial charge on any atom is -0.389 e. The quantitative estimate of drug-likeness (QED) is 0.724. The Labute approximate surface area is 129 Å².